The van der Waals surface area contributed by atoms with E-state index in [0.717, 1.165) is 167 Å². The van der Waals surface area contributed by atoms with Crippen molar-refractivity contribution in [3.63, 3.8) is 0 Å². The predicted octanol–water partition coefficient (Wildman–Crippen LogP) is 18.3. The molecule has 14 aliphatic rings. The summed E-state index contributed by atoms with van der Waals surface area (Å²) in [6.45, 7) is 12.7. The standard InChI is InChI=1S/C37H42N2O4S.C31H34N2O4S.C29H30N2O4S/c40-44(41,42)36-16-6-3-13-31(36)37-29-19-17-27(38-21-7-11-25-9-1-4-14-32(25)38)23-34(29)43-35-24-28(18-20-30(35)37)39-22-8-12-26-10-2-5-15-33(26)39;1-21-9-5-7-17-32(21)23-13-15-25-28(19-23)37-29-20-24(33-18-8-6-10-22(33)2)14-16-26(29)31(25)27-11-3-4-12-30(27)38(34,35)36;32-36(33,34)28-10-4-3-9-25(28)29-23-13-11-21(30-15-5-1-6-16-30)19-26(23)35-27-20-22(12-14-24(27)29)31-17-7-2-8-18-31/h3,6,13,16-20,23-26,32-33H,1-2,4-5,7-12,14-15,21-22H2;3-4,11-16,19-22H,5-10,17-18H2,1-2H3;3-4,9-14,19-20H,1-2,5-8,15-18H2. The van der Waals surface area contributed by atoms with Crippen molar-refractivity contribution in [2.24, 2.45) is 11.8 Å². The van der Waals surface area contributed by atoms with Gasteiger partial charge in [-0.3, -0.25) is 0 Å². The third-order valence-electron chi connectivity index (χ3n) is 27.2. The average molecular weight is 1640 g/mol. The topological polar surface area (TPSA) is 230 Å². The van der Waals surface area contributed by atoms with Crippen LogP contribution in [0.25, 0.3) is 100 Å². The zero-order chi connectivity index (χ0) is 81.0. The van der Waals surface area contributed by atoms with E-state index >= 15 is 0 Å². The molecule has 6 atom stereocenters. The average Bonchev–Trinajstić information content (AvgIpc) is 0.753. The Bertz CT molecular complexity index is 6290. The second-order valence-electron chi connectivity index (χ2n) is 34.4. The Balaban J connectivity index is 0.000000123. The first kappa shape index (κ1) is 79.6. The van der Waals surface area contributed by atoms with Crippen molar-refractivity contribution in [3.8, 4) is 67.4 Å². The van der Waals surface area contributed by atoms with Gasteiger partial charge in [0.15, 0.2) is 12.1 Å². The molecule has 0 radical (unpaired) electrons. The molecule has 0 spiro atoms. The third-order valence-corrected chi connectivity index (χ3v) is 29.9. The maximum atomic E-state index is 12.5. The third kappa shape index (κ3) is 16.1. The van der Waals surface area contributed by atoms with Crippen LogP contribution in [0.4, 0.5) is 17.1 Å². The van der Waals surface area contributed by atoms with Gasteiger partial charge in [0, 0.05) is 202 Å². The van der Waals surface area contributed by atoms with E-state index in [0.29, 0.717) is 69.1 Å². The minimum atomic E-state index is -4.69. The molecule has 8 fully saturated rings. The van der Waals surface area contributed by atoms with Crippen LogP contribution in [0.1, 0.15) is 168 Å². The maximum absolute atomic E-state index is 12.5. The molecule has 118 heavy (non-hydrogen) atoms. The summed E-state index contributed by atoms with van der Waals surface area (Å²) in [7, 11) is -14.0. The van der Waals surface area contributed by atoms with Crippen molar-refractivity contribution >= 4 is 80.3 Å². The van der Waals surface area contributed by atoms with Crippen LogP contribution < -0.4 is 44.5 Å². The van der Waals surface area contributed by atoms with Gasteiger partial charge in [0.05, 0.1) is 32.9 Å². The van der Waals surface area contributed by atoms with Crippen LogP contribution >= 0.6 is 0 Å². The van der Waals surface area contributed by atoms with E-state index in [9.17, 15) is 38.9 Å². The van der Waals surface area contributed by atoms with Gasteiger partial charge >= 0.3 is 0 Å². The minimum absolute atomic E-state index is 0.191. The van der Waals surface area contributed by atoms with E-state index in [-0.39, 0.29) is 14.7 Å². The van der Waals surface area contributed by atoms with Crippen LogP contribution in [0.2, 0.25) is 0 Å². The molecule has 6 unspecified atom stereocenters. The first-order chi connectivity index (χ1) is 57.2. The van der Waals surface area contributed by atoms with E-state index in [4.69, 9.17) is 13.3 Å². The van der Waals surface area contributed by atoms with Gasteiger partial charge in [0.1, 0.15) is 90.6 Å². The summed E-state index contributed by atoms with van der Waals surface area (Å²) in [5, 5.41) is 5.79. The molecule has 18 nitrogen and oxygen atoms in total. The highest BCUT2D eigenvalue weighted by Crippen LogP contribution is 2.49. The molecular weight excluding hydrogens is 1540 g/mol. The highest BCUT2D eigenvalue weighted by Gasteiger charge is 2.39. The molecule has 6 aromatic carbocycles. The molecule has 0 aromatic heterocycles. The van der Waals surface area contributed by atoms with Crippen molar-refractivity contribution in [3.05, 3.63) is 198 Å². The lowest BCUT2D eigenvalue weighted by Gasteiger charge is -2.45. The van der Waals surface area contributed by atoms with Gasteiger partial charge in [-0.05, 0) is 189 Å². The number of nitrogens with zero attached hydrogens (tertiary/aromatic N) is 6. The summed E-state index contributed by atoms with van der Waals surface area (Å²) < 4.78 is 138. The van der Waals surface area contributed by atoms with E-state index in [2.05, 4.69) is 127 Å². The van der Waals surface area contributed by atoms with Crippen LogP contribution in [0.15, 0.2) is 210 Å². The highest BCUT2D eigenvalue weighted by molar-refractivity contribution is 7.86. The fourth-order valence-corrected chi connectivity index (χ4v) is 23.5. The summed E-state index contributed by atoms with van der Waals surface area (Å²) in [6.07, 6.45) is 29.7. The van der Waals surface area contributed by atoms with E-state index in [1.54, 1.807) is 48.5 Å². The van der Waals surface area contributed by atoms with Gasteiger partial charge in [-0.2, -0.15) is 0 Å². The molecule has 21 heteroatoms. The van der Waals surface area contributed by atoms with Crippen molar-refractivity contribution in [1.82, 2.24) is 13.7 Å². The lowest BCUT2D eigenvalue weighted by atomic mass is 9.78. The Labute approximate surface area is 692 Å². The van der Waals surface area contributed by atoms with Crippen molar-refractivity contribution in [2.45, 2.75) is 207 Å². The first-order valence-corrected chi connectivity index (χ1v) is 47.7. The molecule has 6 aromatic rings. The molecule has 0 amide bonds. The molecule has 5 aliphatic carbocycles. The fraction of sp³-hybridized carbons (Fsp3) is 0.412. The van der Waals surface area contributed by atoms with Crippen molar-refractivity contribution in [2.75, 3.05) is 67.1 Å². The predicted molar refractivity (Wildman–Crippen MR) is 465 cm³/mol. The Morgan fingerprint density at radius 3 is 1.31 bits per heavy atom. The van der Waals surface area contributed by atoms with Gasteiger partial charge < -0.3 is 41.6 Å². The smallest absolute Gasteiger partial charge is 0.203 e. The number of benzene rings is 9. The first-order valence-electron chi connectivity index (χ1n) is 43.5. The monoisotopic (exact) mass is 1640 g/mol. The Morgan fingerprint density at radius 1 is 0.339 bits per heavy atom. The van der Waals surface area contributed by atoms with Crippen molar-refractivity contribution < 1.29 is 52.2 Å². The largest absolute Gasteiger partial charge is 0.744 e. The summed E-state index contributed by atoms with van der Waals surface area (Å²) >= 11 is 0. The number of rotatable bonds is 9. The second-order valence-corrected chi connectivity index (χ2v) is 38.5. The zero-order valence-corrected chi connectivity index (χ0v) is 70.2. The highest BCUT2D eigenvalue weighted by atomic mass is 32.2. The summed E-state index contributed by atoms with van der Waals surface area (Å²) in [4.78, 5) is 6.78. The lowest BCUT2D eigenvalue weighted by molar-refractivity contribution is 0.181. The van der Waals surface area contributed by atoms with Crippen LogP contribution in [0.5, 0.6) is 0 Å². The van der Waals surface area contributed by atoms with E-state index < -0.39 is 30.4 Å². The maximum Gasteiger partial charge on any atom is 0.203 e. The van der Waals surface area contributed by atoms with Crippen LogP contribution in [0, 0.1) is 11.8 Å². The summed E-state index contributed by atoms with van der Waals surface area (Å²) in [6, 6.07) is 59.1. The van der Waals surface area contributed by atoms with E-state index in [1.807, 2.05) is 30.3 Å². The summed E-state index contributed by atoms with van der Waals surface area (Å²) in [5.74, 6) is 3.61. The van der Waals surface area contributed by atoms with Gasteiger partial charge in [0.25, 0.3) is 0 Å². The van der Waals surface area contributed by atoms with Gasteiger partial charge in [0.2, 0.25) is 16.1 Å². The molecule has 2 saturated carbocycles. The molecule has 6 saturated heterocycles. The number of hydrogen-bond acceptors (Lipinski definition) is 15. The number of fused-ring (bicyclic) bond motifs is 8. The van der Waals surface area contributed by atoms with Gasteiger partial charge in [-0.1, -0.05) is 73.9 Å². The van der Waals surface area contributed by atoms with Gasteiger partial charge in [-0.15, -0.1) is 0 Å². The van der Waals surface area contributed by atoms with E-state index in [1.165, 1.54) is 158 Å². The Kier molecular flexibility index (Phi) is 22.7. The fourth-order valence-electron chi connectivity index (χ4n) is 21.4. The number of anilines is 3. The number of piperidine rings is 6. The molecule has 614 valence electrons. The minimum Gasteiger partial charge on any atom is -0.744 e. The molecule has 0 bridgehead atoms. The molecule has 20 rings (SSSR count). The van der Waals surface area contributed by atoms with Crippen LogP contribution in [-0.4, -0.2) is 115 Å². The quantitative estimate of drug-likeness (QED) is 0.0743. The Morgan fingerprint density at radius 2 is 0.754 bits per heavy atom. The van der Waals surface area contributed by atoms with Gasteiger partial charge in [-0.25, -0.2) is 39.0 Å². The second kappa shape index (κ2) is 33.6. The van der Waals surface area contributed by atoms with Crippen molar-refractivity contribution in [1.29, 1.82) is 0 Å². The summed E-state index contributed by atoms with van der Waals surface area (Å²) in [5.41, 5.74) is 11.3. The Hall–Kier alpha value is -9.48. The normalized spacial score (nSPS) is 22.6. The number of hydrogen-bond donors (Lipinski definition) is 0. The molecular formula is C97H106N6O12S3. The van der Waals surface area contributed by atoms with Crippen LogP contribution in [-0.2, 0) is 30.4 Å². The molecule has 0 N–H and O–H groups in total. The lowest BCUT2D eigenvalue weighted by Crippen LogP contribution is -2.48. The van der Waals surface area contributed by atoms with Crippen LogP contribution in [0.3, 0.4) is 0 Å². The zero-order valence-electron chi connectivity index (χ0n) is 67.7. The molecule has 9 heterocycles. The molecule has 9 aliphatic heterocycles. The SMILES string of the molecule is CC1CCCCN1c1ccc2c(-c3ccccc3S(=O)(=O)[O-])c3ccc(=[N+]4CCCCC4C)cc-3oc2c1.O=S(=O)([O-])c1ccccc1-c1c2ccc(=[N+]3CCCC4CCCCC43)cc-2oc2cc(N3CCCC4CCCCC43)ccc12.O=S(=O)([O-])c1ccccc1-c1c2ccc(=[N+]3CCCCC3)cc-2oc2cc(N3CCCCC3)ccc12.